The Balaban J connectivity index is 1.56. The zero-order valence-corrected chi connectivity index (χ0v) is 16.3. The first kappa shape index (κ1) is 17.4. The van der Waals surface area contributed by atoms with Crippen molar-refractivity contribution in [1.29, 1.82) is 0 Å². The minimum Gasteiger partial charge on any atom is -0.353 e. The molecule has 0 bridgehead atoms. The third-order valence-electron chi connectivity index (χ3n) is 4.49. The number of piperazine rings is 1. The zero-order valence-electron chi connectivity index (χ0n) is 13.9. The molecule has 0 N–H and O–H groups in total. The Bertz CT molecular complexity index is 1040. The molecule has 4 rings (SSSR count). The third-order valence-corrected chi connectivity index (χ3v) is 6.88. The van der Waals surface area contributed by atoms with E-state index in [9.17, 15) is 8.42 Å². The van der Waals surface area contributed by atoms with Gasteiger partial charge in [-0.2, -0.15) is 4.31 Å². The molecule has 0 aliphatic carbocycles. The number of rotatable bonds is 3. The number of para-hydroxylation sites is 1. The largest absolute Gasteiger partial charge is 0.353 e. The van der Waals surface area contributed by atoms with Gasteiger partial charge in [-0.3, -0.25) is 0 Å². The van der Waals surface area contributed by atoms with Crippen LogP contribution in [0.15, 0.2) is 64.2 Å². The van der Waals surface area contributed by atoms with Crippen molar-refractivity contribution in [3.63, 3.8) is 0 Å². The zero-order chi connectivity index (χ0) is 18.1. The molecule has 3 aromatic rings. The monoisotopic (exact) mass is 432 g/mol. The lowest BCUT2D eigenvalue weighted by Crippen LogP contribution is -2.49. The highest BCUT2D eigenvalue weighted by molar-refractivity contribution is 9.10. The van der Waals surface area contributed by atoms with Gasteiger partial charge in [-0.1, -0.05) is 34.1 Å². The van der Waals surface area contributed by atoms with Gasteiger partial charge in [0, 0.05) is 36.0 Å². The summed E-state index contributed by atoms with van der Waals surface area (Å²) in [6.07, 6.45) is 1.56. The minimum absolute atomic E-state index is 0.313. The van der Waals surface area contributed by atoms with E-state index in [0.717, 1.165) is 21.2 Å². The SMILES string of the molecule is O=S(=O)(c1cccc(Br)c1)N1CCN(c2ncnc3ccccc23)CC1. The lowest BCUT2D eigenvalue weighted by molar-refractivity contribution is 0.384. The number of sulfonamides is 1. The molecule has 0 radical (unpaired) electrons. The van der Waals surface area contributed by atoms with Crippen LogP contribution in [0.2, 0.25) is 0 Å². The minimum atomic E-state index is -3.49. The van der Waals surface area contributed by atoms with Gasteiger partial charge in [-0.15, -0.1) is 0 Å². The van der Waals surface area contributed by atoms with E-state index in [2.05, 4.69) is 30.8 Å². The lowest BCUT2D eigenvalue weighted by Gasteiger charge is -2.35. The maximum atomic E-state index is 12.9. The average Bonchev–Trinajstić information content (AvgIpc) is 2.68. The van der Waals surface area contributed by atoms with Gasteiger partial charge in [0.1, 0.15) is 12.1 Å². The third kappa shape index (κ3) is 3.20. The highest BCUT2D eigenvalue weighted by atomic mass is 79.9. The highest BCUT2D eigenvalue weighted by Gasteiger charge is 2.29. The van der Waals surface area contributed by atoms with Gasteiger partial charge < -0.3 is 4.90 Å². The van der Waals surface area contributed by atoms with Gasteiger partial charge in [-0.05, 0) is 30.3 Å². The van der Waals surface area contributed by atoms with Gasteiger partial charge in [0.05, 0.1) is 10.4 Å². The second-order valence-corrected chi connectivity index (χ2v) is 8.92. The molecule has 6 nitrogen and oxygen atoms in total. The van der Waals surface area contributed by atoms with Crippen LogP contribution in [-0.2, 0) is 10.0 Å². The van der Waals surface area contributed by atoms with Crippen LogP contribution in [0.25, 0.3) is 10.9 Å². The van der Waals surface area contributed by atoms with Crippen LogP contribution in [0.5, 0.6) is 0 Å². The van der Waals surface area contributed by atoms with Crippen LogP contribution >= 0.6 is 15.9 Å². The first-order valence-corrected chi connectivity index (χ1v) is 10.5. The Hall–Kier alpha value is -2.03. The molecule has 0 unspecified atom stereocenters. The van der Waals surface area contributed by atoms with Crippen LogP contribution in [-0.4, -0.2) is 48.9 Å². The van der Waals surface area contributed by atoms with Gasteiger partial charge in [0.15, 0.2) is 0 Å². The maximum Gasteiger partial charge on any atom is 0.243 e. The summed E-state index contributed by atoms with van der Waals surface area (Å²) in [5, 5.41) is 0.985. The summed E-state index contributed by atoms with van der Waals surface area (Å²) in [6, 6.07) is 14.7. The van der Waals surface area contributed by atoms with Crippen LogP contribution in [0, 0.1) is 0 Å². The number of halogens is 1. The van der Waals surface area contributed by atoms with Crippen molar-refractivity contribution >= 4 is 42.7 Å². The van der Waals surface area contributed by atoms with Crippen molar-refractivity contribution in [2.45, 2.75) is 4.90 Å². The summed E-state index contributed by atoms with van der Waals surface area (Å²) in [5.74, 6) is 0.857. The summed E-state index contributed by atoms with van der Waals surface area (Å²) in [6.45, 7) is 2.03. The van der Waals surface area contributed by atoms with Gasteiger partial charge >= 0.3 is 0 Å². The molecule has 134 valence electrons. The lowest BCUT2D eigenvalue weighted by atomic mass is 10.2. The summed E-state index contributed by atoms with van der Waals surface area (Å²) < 4.78 is 28.0. The number of hydrogen-bond acceptors (Lipinski definition) is 5. The number of anilines is 1. The molecule has 0 spiro atoms. The smallest absolute Gasteiger partial charge is 0.243 e. The van der Waals surface area contributed by atoms with Crippen molar-refractivity contribution in [3.05, 3.63) is 59.3 Å². The fourth-order valence-electron chi connectivity index (χ4n) is 3.16. The van der Waals surface area contributed by atoms with E-state index in [-0.39, 0.29) is 0 Å². The van der Waals surface area contributed by atoms with Crippen molar-refractivity contribution in [2.24, 2.45) is 0 Å². The molecule has 1 aromatic heterocycles. The summed E-state index contributed by atoms with van der Waals surface area (Å²) in [7, 11) is -3.49. The van der Waals surface area contributed by atoms with E-state index in [1.807, 2.05) is 30.3 Å². The van der Waals surface area contributed by atoms with Gasteiger partial charge in [0.25, 0.3) is 0 Å². The number of hydrogen-bond donors (Lipinski definition) is 0. The van der Waals surface area contributed by atoms with Crippen LogP contribution < -0.4 is 4.90 Å². The van der Waals surface area contributed by atoms with Gasteiger partial charge in [0.2, 0.25) is 10.0 Å². The summed E-state index contributed by atoms with van der Waals surface area (Å²) in [4.78, 5) is 11.2. The van der Waals surface area contributed by atoms with Crippen LogP contribution in [0.4, 0.5) is 5.82 Å². The summed E-state index contributed by atoms with van der Waals surface area (Å²) in [5.41, 5.74) is 0.890. The Labute approximate surface area is 160 Å². The number of fused-ring (bicyclic) bond motifs is 1. The van der Waals surface area contributed by atoms with Gasteiger partial charge in [-0.25, -0.2) is 18.4 Å². The molecule has 1 saturated heterocycles. The molecule has 1 aliphatic heterocycles. The fourth-order valence-corrected chi connectivity index (χ4v) is 5.18. The Morgan fingerprint density at radius 1 is 0.923 bits per heavy atom. The standard InChI is InChI=1S/C18H17BrN4O2S/c19-14-4-3-5-15(12-14)26(24,25)23-10-8-22(9-11-23)18-16-6-1-2-7-17(16)20-13-21-18/h1-7,12-13H,8-11H2. The molecule has 1 aliphatic rings. The molecule has 26 heavy (non-hydrogen) atoms. The average molecular weight is 433 g/mol. The topological polar surface area (TPSA) is 66.4 Å². The maximum absolute atomic E-state index is 12.9. The van der Waals surface area contributed by atoms with E-state index >= 15 is 0 Å². The van der Waals surface area contributed by atoms with E-state index in [4.69, 9.17) is 0 Å². The predicted molar refractivity (Wildman–Crippen MR) is 105 cm³/mol. The molecule has 2 heterocycles. The fraction of sp³-hybridized carbons (Fsp3) is 0.222. The van der Waals surface area contributed by atoms with Crippen molar-refractivity contribution in [3.8, 4) is 0 Å². The number of nitrogens with zero attached hydrogens (tertiary/aromatic N) is 4. The molecule has 1 fully saturated rings. The van der Waals surface area contributed by atoms with E-state index in [1.54, 1.807) is 24.5 Å². The normalized spacial score (nSPS) is 16.1. The first-order chi connectivity index (χ1) is 12.6. The highest BCUT2D eigenvalue weighted by Crippen LogP contribution is 2.26. The Kier molecular flexibility index (Phi) is 4.64. The second kappa shape index (κ2) is 6.94. The van der Waals surface area contributed by atoms with Crippen molar-refractivity contribution < 1.29 is 8.42 Å². The van der Waals surface area contributed by atoms with E-state index in [0.29, 0.717) is 31.1 Å². The molecular weight excluding hydrogens is 416 g/mol. The molecule has 0 amide bonds. The Morgan fingerprint density at radius 3 is 2.46 bits per heavy atom. The second-order valence-electron chi connectivity index (χ2n) is 6.06. The van der Waals surface area contributed by atoms with Crippen molar-refractivity contribution in [2.75, 3.05) is 31.1 Å². The van der Waals surface area contributed by atoms with E-state index in [1.165, 1.54) is 4.31 Å². The van der Waals surface area contributed by atoms with E-state index < -0.39 is 10.0 Å². The van der Waals surface area contributed by atoms with Crippen LogP contribution in [0.1, 0.15) is 0 Å². The molecule has 0 atom stereocenters. The number of aromatic nitrogens is 2. The molecule has 2 aromatic carbocycles. The molecule has 0 saturated carbocycles. The molecular formula is C18H17BrN4O2S. The van der Waals surface area contributed by atoms with Crippen molar-refractivity contribution in [1.82, 2.24) is 14.3 Å². The summed E-state index contributed by atoms with van der Waals surface area (Å²) >= 11 is 3.34. The molecule has 8 heteroatoms. The predicted octanol–water partition coefficient (Wildman–Crippen LogP) is 2.90. The quantitative estimate of drug-likeness (QED) is 0.636. The number of benzene rings is 2. The first-order valence-electron chi connectivity index (χ1n) is 8.26. The van der Waals surface area contributed by atoms with Crippen LogP contribution in [0.3, 0.4) is 0 Å². The Morgan fingerprint density at radius 2 is 1.69 bits per heavy atom.